The lowest BCUT2D eigenvalue weighted by Crippen LogP contribution is -2.32. The number of hydrogen-bond acceptors (Lipinski definition) is 3. The van der Waals surface area contributed by atoms with E-state index in [2.05, 4.69) is 27.7 Å². The predicted molar refractivity (Wildman–Crippen MR) is 85.4 cm³/mol. The molecule has 1 saturated heterocycles. The van der Waals surface area contributed by atoms with Gasteiger partial charge in [-0.3, -0.25) is 0 Å². The number of amides is 2. The van der Waals surface area contributed by atoms with Crippen molar-refractivity contribution in [3.8, 4) is 6.19 Å². The van der Waals surface area contributed by atoms with Gasteiger partial charge in [-0.25, -0.2) is 10.1 Å². The van der Waals surface area contributed by atoms with Crippen LogP contribution in [0.1, 0.15) is 36.8 Å². The van der Waals surface area contributed by atoms with E-state index >= 15 is 0 Å². The molecular weight excluding hydrogens is 276 g/mol. The van der Waals surface area contributed by atoms with Gasteiger partial charge in [0.2, 0.25) is 0 Å². The third-order valence-corrected chi connectivity index (χ3v) is 4.78. The molecule has 1 heterocycles. The Kier molecular flexibility index (Phi) is 4.59. The van der Waals surface area contributed by atoms with Gasteiger partial charge in [-0.2, -0.15) is 5.26 Å². The molecular formula is C17H22N4O. The Morgan fingerprint density at radius 2 is 1.91 bits per heavy atom. The zero-order chi connectivity index (χ0) is 15.4. The van der Waals surface area contributed by atoms with E-state index in [1.54, 1.807) is 6.19 Å². The van der Waals surface area contributed by atoms with Crippen LogP contribution >= 0.6 is 0 Å². The molecule has 116 valence electrons. The second-order valence-corrected chi connectivity index (χ2v) is 6.15. The Bertz CT molecular complexity index is 587. The smallest absolute Gasteiger partial charge is 0.307 e. The highest BCUT2D eigenvalue weighted by Gasteiger charge is 2.24. The van der Waals surface area contributed by atoms with Gasteiger partial charge >= 0.3 is 6.03 Å². The molecule has 2 N–H and O–H groups in total. The van der Waals surface area contributed by atoms with Crippen LogP contribution in [0.4, 0.5) is 10.5 Å². The fraction of sp³-hybridized carbons (Fsp3) is 0.529. The number of aryl methyl sites for hydroxylation is 2. The Morgan fingerprint density at radius 3 is 2.64 bits per heavy atom. The zero-order valence-corrected chi connectivity index (χ0v) is 12.8. The van der Waals surface area contributed by atoms with Gasteiger partial charge in [0.1, 0.15) is 0 Å². The van der Waals surface area contributed by atoms with Gasteiger partial charge in [-0.1, -0.05) is 6.07 Å². The highest BCUT2D eigenvalue weighted by atomic mass is 16.2. The number of urea groups is 1. The molecule has 1 atom stereocenters. The van der Waals surface area contributed by atoms with Gasteiger partial charge < -0.3 is 10.2 Å². The van der Waals surface area contributed by atoms with E-state index in [1.165, 1.54) is 49.9 Å². The van der Waals surface area contributed by atoms with Crippen LogP contribution in [0.5, 0.6) is 0 Å². The van der Waals surface area contributed by atoms with E-state index in [9.17, 15) is 4.79 Å². The summed E-state index contributed by atoms with van der Waals surface area (Å²) in [6, 6.07) is 6.31. The summed E-state index contributed by atoms with van der Waals surface area (Å²) in [4.78, 5) is 14.1. The van der Waals surface area contributed by atoms with Gasteiger partial charge in [0.15, 0.2) is 6.19 Å². The molecule has 22 heavy (non-hydrogen) atoms. The molecule has 3 rings (SSSR count). The average Bonchev–Trinajstić information content (AvgIpc) is 2.95. The van der Waals surface area contributed by atoms with E-state index in [0.717, 1.165) is 18.5 Å². The van der Waals surface area contributed by atoms with Crippen LogP contribution in [0, 0.1) is 11.5 Å². The topological polar surface area (TPSA) is 68.2 Å². The number of benzene rings is 1. The molecule has 5 heteroatoms. The molecule has 2 amide bonds. The van der Waals surface area contributed by atoms with E-state index in [1.807, 2.05) is 6.07 Å². The molecule has 0 spiro atoms. The summed E-state index contributed by atoms with van der Waals surface area (Å²) >= 11 is 0. The maximum atomic E-state index is 11.4. The SMILES string of the molecule is N#CNC(=O)Nc1ccc2c(c1)CC[C@@H](N1CCCC1)CC2. The van der Waals surface area contributed by atoms with Crippen molar-refractivity contribution in [3.63, 3.8) is 0 Å². The van der Waals surface area contributed by atoms with E-state index in [4.69, 9.17) is 5.26 Å². The van der Waals surface area contributed by atoms with Gasteiger partial charge in [0.05, 0.1) is 0 Å². The summed E-state index contributed by atoms with van der Waals surface area (Å²) in [5.41, 5.74) is 3.48. The maximum Gasteiger partial charge on any atom is 0.332 e. The quantitative estimate of drug-likeness (QED) is 0.501. The molecule has 1 aromatic rings. The molecule has 1 aliphatic carbocycles. The highest BCUT2D eigenvalue weighted by Crippen LogP contribution is 2.27. The lowest BCUT2D eigenvalue weighted by atomic mass is 10.0. The van der Waals surface area contributed by atoms with Crippen LogP contribution in [-0.4, -0.2) is 30.1 Å². The largest absolute Gasteiger partial charge is 0.332 e. The number of nitrogens with zero attached hydrogens (tertiary/aromatic N) is 2. The number of rotatable bonds is 2. The van der Waals surface area contributed by atoms with Crippen molar-refractivity contribution in [2.75, 3.05) is 18.4 Å². The Labute approximate surface area is 131 Å². The minimum Gasteiger partial charge on any atom is -0.307 e. The lowest BCUT2D eigenvalue weighted by Gasteiger charge is -2.25. The van der Waals surface area contributed by atoms with Gasteiger partial charge in [-0.05, 0) is 74.9 Å². The predicted octanol–water partition coefficient (Wildman–Crippen LogP) is 2.63. The van der Waals surface area contributed by atoms with Gasteiger partial charge in [-0.15, -0.1) is 0 Å². The van der Waals surface area contributed by atoms with Crippen LogP contribution in [0.15, 0.2) is 18.2 Å². The van der Waals surface area contributed by atoms with Crippen molar-refractivity contribution in [1.82, 2.24) is 10.2 Å². The van der Waals surface area contributed by atoms with Crippen molar-refractivity contribution >= 4 is 11.7 Å². The first-order valence-corrected chi connectivity index (χ1v) is 8.08. The third-order valence-electron chi connectivity index (χ3n) is 4.78. The van der Waals surface area contributed by atoms with Crippen LogP contribution in [0.2, 0.25) is 0 Å². The molecule has 0 aromatic heterocycles. The molecule has 1 aliphatic heterocycles. The number of carbonyl (C=O) groups excluding carboxylic acids is 1. The zero-order valence-electron chi connectivity index (χ0n) is 12.8. The first-order chi connectivity index (χ1) is 10.8. The number of likely N-dealkylation sites (tertiary alicyclic amines) is 1. The number of nitrogens with one attached hydrogen (secondary N) is 2. The lowest BCUT2D eigenvalue weighted by molar-refractivity contribution is 0.222. The summed E-state index contributed by atoms with van der Waals surface area (Å²) < 4.78 is 0. The van der Waals surface area contributed by atoms with Crippen molar-refractivity contribution in [3.05, 3.63) is 29.3 Å². The summed E-state index contributed by atoms with van der Waals surface area (Å²) in [7, 11) is 0. The van der Waals surface area contributed by atoms with Crippen LogP contribution < -0.4 is 10.6 Å². The molecule has 0 radical (unpaired) electrons. The summed E-state index contributed by atoms with van der Waals surface area (Å²) in [6.45, 7) is 2.50. The number of nitriles is 1. The molecule has 1 aromatic carbocycles. The molecule has 0 bridgehead atoms. The van der Waals surface area contributed by atoms with Crippen LogP contribution in [0.3, 0.4) is 0 Å². The average molecular weight is 298 g/mol. The minimum atomic E-state index is -0.481. The Balaban J connectivity index is 1.67. The Morgan fingerprint density at radius 1 is 1.18 bits per heavy atom. The van der Waals surface area contributed by atoms with Gasteiger partial charge in [0.25, 0.3) is 0 Å². The highest BCUT2D eigenvalue weighted by molar-refractivity contribution is 5.90. The third kappa shape index (κ3) is 3.40. The molecule has 0 unspecified atom stereocenters. The first-order valence-electron chi connectivity index (χ1n) is 8.08. The van der Waals surface area contributed by atoms with Crippen LogP contribution in [0.25, 0.3) is 0 Å². The maximum absolute atomic E-state index is 11.4. The van der Waals surface area contributed by atoms with Crippen molar-refractivity contribution < 1.29 is 4.79 Å². The minimum absolute atomic E-state index is 0.481. The second-order valence-electron chi connectivity index (χ2n) is 6.15. The number of carbonyl (C=O) groups is 1. The first kappa shape index (κ1) is 14.9. The van der Waals surface area contributed by atoms with E-state index in [-0.39, 0.29) is 0 Å². The molecule has 0 saturated carbocycles. The fourth-order valence-corrected chi connectivity index (χ4v) is 3.65. The van der Waals surface area contributed by atoms with E-state index in [0.29, 0.717) is 6.04 Å². The van der Waals surface area contributed by atoms with Crippen molar-refractivity contribution in [2.24, 2.45) is 0 Å². The van der Waals surface area contributed by atoms with Crippen LogP contribution in [-0.2, 0) is 12.8 Å². The number of anilines is 1. The summed E-state index contributed by atoms with van der Waals surface area (Å²) in [5, 5.41) is 13.2. The van der Waals surface area contributed by atoms with E-state index < -0.39 is 6.03 Å². The number of fused-ring (bicyclic) bond motifs is 1. The van der Waals surface area contributed by atoms with Crippen molar-refractivity contribution in [2.45, 2.75) is 44.6 Å². The molecule has 2 aliphatic rings. The van der Waals surface area contributed by atoms with Crippen molar-refractivity contribution in [1.29, 1.82) is 5.26 Å². The monoisotopic (exact) mass is 298 g/mol. The fourth-order valence-electron chi connectivity index (χ4n) is 3.65. The summed E-state index contributed by atoms with van der Waals surface area (Å²) in [6.07, 6.45) is 8.91. The van der Waals surface area contributed by atoms with Gasteiger partial charge in [0, 0.05) is 11.7 Å². The standard InChI is InChI=1S/C17H22N4O/c18-12-19-17(22)20-15-6-3-13-4-7-16(8-5-14(13)11-15)21-9-1-2-10-21/h3,6,11,16H,1-2,4-5,7-10H2,(H2,19,20,22)/t16-/m0/s1. The summed E-state index contributed by atoms with van der Waals surface area (Å²) in [5.74, 6) is 0. The molecule has 1 fully saturated rings. The second kappa shape index (κ2) is 6.80. The molecule has 5 nitrogen and oxygen atoms in total. The Hall–Kier alpha value is -2.06. The normalized spacial score (nSPS) is 21.5. The number of hydrogen-bond donors (Lipinski definition) is 2.